The van der Waals surface area contributed by atoms with Crippen LogP contribution in [0.5, 0.6) is 5.75 Å². The average molecular weight is 234 g/mol. The van der Waals surface area contributed by atoms with Crippen LogP contribution in [0.2, 0.25) is 0 Å². The fourth-order valence-electron chi connectivity index (χ4n) is 3.34. The van der Waals surface area contributed by atoms with Gasteiger partial charge in [0.05, 0.1) is 12.7 Å². The Morgan fingerprint density at radius 2 is 1.94 bits per heavy atom. The van der Waals surface area contributed by atoms with Crippen molar-refractivity contribution < 1.29 is 13.9 Å². The summed E-state index contributed by atoms with van der Waals surface area (Å²) in [6.45, 7) is 0. The van der Waals surface area contributed by atoms with Crippen molar-refractivity contribution >= 4 is 5.78 Å². The normalized spacial score (nSPS) is 26.6. The van der Waals surface area contributed by atoms with Crippen molar-refractivity contribution in [1.82, 2.24) is 0 Å². The predicted octanol–water partition coefficient (Wildman–Crippen LogP) is 3.30. The van der Waals surface area contributed by atoms with E-state index < -0.39 is 0 Å². The Balaban J connectivity index is 2.19. The minimum Gasteiger partial charge on any atom is -0.496 e. The third-order valence-corrected chi connectivity index (χ3v) is 4.09. The van der Waals surface area contributed by atoms with Crippen LogP contribution >= 0.6 is 0 Å². The van der Waals surface area contributed by atoms with E-state index in [0.29, 0.717) is 16.9 Å². The largest absolute Gasteiger partial charge is 0.496 e. The lowest BCUT2D eigenvalue weighted by Gasteiger charge is -2.24. The summed E-state index contributed by atoms with van der Waals surface area (Å²) in [5.41, 5.74) is 1.11. The van der Waals surface area contributed by atoms with Crippen LogP contribution < -0.4 is 4.74 Å². The number of ketones is 1. The molecule has 1 aromatic rings. The molecule has 2 unspecified atom stereocenters. The molecule has 2 aliphatic carbocycles. The quantitative estimate of drug-likeness (QED) is 0.745. The molecule has 90 valence electrons. The maximum atomic E-state index is 13.9. The zero-order chi connectivity index (χ0) is 12.0. The lowest BCUT2D eigenvalue weighted by Crippen LogP contribution is -2.17. The average Bonchev–Trinajstić information content (AvgIpc) is 2.66. The molecule has 2 aliphatic rings. The van der Waals surface area contributed by atoms with Gasteiger partial charge in [-0.2, -0.15) is 0 Å². The molecule has 0 spiro atoms. The summed E-state index contributed by atoms with van der Waals surface area (Å²) in [5, 5.41) is 0. The Morgan fingerprint density at radius 3 is 2.65 bits per heavy atom. The second kappa shape index (κ2) is 3.83. The van der Waals surface area contributed by atoms with Gasteiger partial charge in [-0.05, 0) is 30.9 Å². The molecule has 0 aromatic heterocycles. The molecule has 1 aromatic carbocycles. The number of fused-ring (bicyclic) bond motifs is 3. The lowest BCUT2D eigenvalue weighted by atomic mass is 9.79. The Bertz CT molecular complexity index is 481. The van der Waals surface area contributed by atoms with E-state index in [0.717, 1.165) is 25.7 Å². The number of hydrogen-bond donors (Lipinski definition) is 0. The number of Topliss-reactive ketones (excluding diaryl/α,β-unsaturated/α-hetero) is 1. The molecule has 2 atom stereocenters. The number of methoxy groups -OCH3 is 1. The highest BCUT2D eigenvalue weighted by Gasteiger charge is 2.44. The number of benzene rings is 1. The number of carbonyl (C=O) groups excluding carboxylic acids is 1. The van der Waals surface area contributed by atoms with Crippen LogP contribution in [0.1, 0.15) is 47.5 Å². The van der Waals surface area contributed by atoms with Crippen molar-refractivity contribution in [2.45, 2.75) is 31.6 Å². The number of hydrogen-bond acceptors (Lipinski definition) is 2. The highest BCUT2D eigenvalue weighted by atomic mass is 19.1. The molecule has 0 amide bonds. The van der Waals surface area contributed by atoms with E-state index in [2.05, 4.69) is 0 Å². The highest BCUT2D eigenvalue weighted by molar-refractivity contribution is 6.05. The maximum Gasteiger partial charge on any atom is 0.170 e. The molecular formula is C14H15FO2. The van der Waals surface area contributed by atoms with Crippen molar-refractivity contribution in [3.05, 3.63) is 29.1 Å². The minimum absolute atomic E-state index is 0.00968. The van der Waals surface area contributed by atoms with Gasteiger partial charge in [0.2, 0.25) is 0 Å². The van der Waals surface area contributed by atoms with Gasteiger partial charge < -0.3 is 4.74 Å². The summed E-state index contributed by atoms with van der Waals surface area (Å²) in [5.74, 6) is 0.441. The number of halogens is 1. The number of rotatable bonds is 1. The summed E-state index contributed by atoms with van der Waals surface area (Å²) < 4.78 is 19.1. The second-order valence-corrected chi connectivity index (χ2v) is 4.90. The van der Waals surface area contributed by atoms with Crippen LogP contribution in [0.15, 0.2) is 12.1 Å². The first-order valence-corrected chi connectivity index (χ1v) is 6.14. The van der Waals surface area contributed by atoms with E-state index in [1.165, 1.54) is 13.2 Å². The molecule has 3 rings (SSSR count). The molecule has 0 bridgehead atoms. The van der Waals surface area contributed by atoms with Crippen molar-refractivity contribution in [2.75, 3.05) is 7.11 Å². The lowest BCUT2D eigenvalue weighted by molar-refractivity contribution is 0.0895. The SMILES string of the molecule is COc1ccc(F)c2c1C(=O)C1CCCCC21. The molecule has 0 saturated heterocycles. The Hall–Kier alpha value is -1.38. The first-order chi connectivity index (χ1) is 8.24. The van der Waals surface area contributed by atoms with Crippen LogP contribution in [0, 0.1) is 11.7 Å². The smallest absolute Gasteiger partial charge is 0.170 e. The zero-order valence-corrected chi connectivity index (χ0v) is 9.83. The van der Waals surface area contributed by atoms with E-state index in [-0.39, 0.29) is 23.4 Å². The molecule has 0 aliphatic heterocycles. The van der Waals surface area contributed by atoms with Gasteiger partial charge in [-0.1, -0.05) is 12.8 Å². The minimum atomic E-state index is -0.247. The summed E-state index contributed by atoms with van der Waals surface area (Å²) in [6, 6.07) is 2.98. The van der Waals surface area contributed by atoms with Gasteiger partial charge in [0.25, 0.3) is 0 Å². The van der Waals surface area contributed by atoms with E-state index in [4.69, 9.17) is 4.74 Å². The summed E-state index contributed by atoms with van der Waals surface area (Å²) in [6.07, 6.45) is 3.98. The molecule has 0 heterocycles. The van der Waals surface area contributed by atoms with Crippen LogP contribution in [0.3, 0.4) is 0 Å². The molecule has 0 N–H and O–H groups in total. The number of ether oxygens (including phenoxy) is 1. The highest BCUT2D eigenvalue weighted by Crippen LogP contribution is 2.49. The van der Waals surface area contributed by atoms with E-state index in [1.54, 1.807) is 6.07 Å². The molecule has 17 heavy (non-hydrogen) atoms. The summed E-state index contributed by atoms with van der Waals surface area (Å²) in [4.78, 5) is 12.3. The van der Waals surface area contributed by atoms with Crippen molar-refractivity contribution in [3.8, 4) is 5.75 Å². The van der Waals surface area contributed by atoms with E-state index in [1.807, 2.05) is 0 Å². The summed E-state index contributed by atoms with van der Waals surface area (Å²) >= 11 is 0. The monoisotopic (exact) mass is 234 g/mol. The van der Waals surface area contributed by atoms with Gasteiger partial charge in [0.1, 0.15) is 11.6 Å². The Labute approximate surface area is 99.8 Å². The van der Waals surface area contributed by atoms with Crippen LogP contribution in [0.25, 0.3) is 0 Å². The van der Waals surface area contributed by atoms with Gasteiger partial charge in [-0.15, -0.1) is 0 Å². The molecule has 3 heteroatoms. The summed E-state index contributed by atoms with van der Waals surface area (Å²) in [7, 11) is 1.53. The zero-order valence-electron chi connectivity index (χ0n) is 9.83. The van der Waals surface area contributed by atoms with Crippen molar-refractivity contribution in [1.29, 1.82) is 0 Å². The fourth-order valence-corrected chi connectivity index (χ4v) is 3.34. The topological polar surface area (TPSA) is 26.3 Å². The van der Waals surface area contributed by atoms with Crippen molar-refractivity contribution in [3.63, 3.8) is 0 Å². The molecule has 2 nitrogen and oxygen atoms in total. The van der Waals surface area contributed by atoms with Crippen molar-refractivity contribution in [2.24, 2.45) is 5.92 Å². The third-order valence-electron chi connectivity index (χ3n) is 4.09. The number of carbonyl (C=O) groups is 1. The molecule has 1 saturated carbocycles. The Kier molecular flexibility index (Phi) is 2.42. The molecule has 0 radical (unpaired) electrons. The molecular weight excluding hydrogens is 219 g/mol. The maximum absolute atomic E-state index is 13.9. The first-order valence-electron chi connectivity index (χ1n) is 6.14. The standard InChI is InChI=1S/C14H15FO2/c1-17-11-7-6-10(15)12-8-4-2-3-5-9(8)14(16)13(11)12/h6-9H,2-5H2,1H3. The van der Waals surface area contributed by atoms with Gasteiger partial charge in [0, 0.05) is 11.5 Å². The van der Waals surface area contributed by atoms with Gasteiger partial charge >= 0.3 is 0 Å². The van der Waals surface area contributed by atoms with E-state index in [9.17, 15) is 9.18 Å². The van der Waals surface area contributed by atoms with Crippen LogP contribution in [0.4, 0.5) is 4.39 Å². The van der Waals surface area contributed by atoms with E-state index >= 15 is 0 Å². The van der Waals surface area contributed by atoms with Crippen LogP contribution in [-0.4, -0.2) is 12.9 Å². The van der Waals surface area contributed by atoms with Crippen LogP contribution in [-0.2, 0) is 0 Å². The second-order valence-electron chi connectivity index (χ2n) is 4.90. The van der Waals surface area contributed by atoms with Gasteiger partial charge in [0.15, 0.2) is 5.78 Å². The predicted molar refractivity (Wildman–Crippen MR) is 62.0 cm³/mol. The third kappa shape index (κ3) is 1.41. The fraction of sp³-hybridized carbons (Fsp3) is 0.500. The first kappa shape index (κ1) is 10.8. The Morgan fingerprint density at radius 1 is 1.24 bits per heavy atom. The van der Waals surface area contributed by atoms with Gasteiger partial charge in [-0.3, -0.25) is 4.79 Å². The van der Waals surface area contributed by atoms with Gasteiger partial charge in [-0.25, -0.2) is 4.39 Å². The molecule has 1 fully saturated rings.